The Balaban J connectivity index is 0.963. The highest BCUT2D eigenvalue weighted by Crippen LogP contribution is 2.42. The van der Waals surface area contributed by atoms with E-state index in [1.807, 2.05) is 6.92 Å². The molecule has 2 aliphatic heterocycles. The molecule has 1 N–H and O–H groups in total. The smallest absolute Gasteiger partial charge is 0.350 e. The Kier molecular flexibility index (Phi) is 10.0. The average molecular weight is 733 g/mol. The molecule has 4 heterocycles. The van der Waals surface area contributed by atoms with E-state index >= 15 is 0 Å². The summed E-state index contributed by atoms with van der Waals surface area (Å²) in [4.78, 5) is 17.0. The van der Waals surface area contributed by atoms with Crippen molar-refractivity contribution in [2.75, 3.05) is 39.4 Å². The summed E-state index contributed by atoms with van der Waals surface area (Å²) < 4.78 is 43.9. The van der Waals surface area contributed by atoms with Gasteiger partial charge in [-0.15, -0.1) is 0 Å². The lowest BCUT2D eigenvalue weighted by Crippen LogP contribution is -2.64. The summed E-state index contributed by atoms with van der Waals surface area (Å²) in [6.45, 7) is 4.52. The Morgan fingerprint density at radius 1 is 0.981 bits per heavy atom. The number of halogens is 2. The summed E-state index contributed by atoms with van der Waals surface area (Å²) in [6.07, 6.45) is 4.50. The van der Waals surface area contributed by atoms with E-state index in [9.17, 15) is 29.1 Å². The standard InChI is InChI=1S/C37H42F2N8O6/c1-3-35(26(2)48)45-36(49)44(25-42-45)29-5-7-30(8-6-29)46(50)14-16-47(51,17-15-46)31-9-11-32(12-10-31)52-20-27-19-37(53-21-27,22-43-24-40-23-41-43)33-13-4-28(38)18-34(33)39/h4-13,18,23-27,35,48H,3,14-17,19-22H2,1-2H3/t26-,27+,35-,37-,46?,47?/m0/s1. The molecule has 0 saturated carbocycles. The molecule has 7 rings (SSSR count). The SMILES string of the molecule is CC[C@@H]([C@H](C)O)n1ncn(-c2ccc([N+]3([O-])CC[N+]([O-])(c4ccc(OC[C@@H]5CO[C@@](Cn6cncn6)(c6ccc(F)cc6F)C5)cc4)CC3)cc2)c1=O. The van der Waals surface area contributed by atoms with E-state index in [0.717, 1.165) is 6.07 Å². The van der Waals surface area contributed by atoms with E-state index < -0.39 is 38.7 Å². The van der Waals surface area contributed by atoms with Gasteiger partial charge in [0.15, 0.2) is 0 Å². The lowest BCUT2D eigenvalue weighted by Gasteiger charge is -2.53. The number of aliphatic hydroxyl groups excluding tert-OH is 1. The normalized spacial score (nSPS) is 25.7. The van der Waals surface area contributed by atoms with Crippen LogP contribution in [0.2, 0.25) is 0 Å². The predicted octanol–water partition coefficient (Wildman–Crippen LogP) is 4.57. The Bertz CT molecular complexity index is 2060. The Morgan fingerprint density at radius 2 is 1.64 bits per heavy atom. The van der Waals surface area contributed by atoms with Crippen LogP contribution in [0.5, 0.6) is 5.75 Å². The Morgan fingerprint density at radius 3 is 2.23 bits per heavy atom. The van der Waals surface area contributed by atoms with Gasteiger partial charge >= 0.3 is 5.69 Å². The monoisotopic (exact) mass is 732 g/mol. The number of hydrogen-bond acceptors (Lipinski definition) is 9. The van der Waals surface area contributed by atoms with E-state index in [0.29, 0.717) is 35.7 Å². The van der Waals surface area contributed by atoms with E-state index in [1.165, 1.54) is 40.4 Å². The third-order valence-electron chi connectivity index (χ3n) is 10.5. The summed E-state index contributed by atoms with van der Waals surface area (Å²) in [6, 6.07) is 16.6. The first-order valence-electron chi connectivity index (χ1n) is 17.7. The number of ether oxygens (including phenoxy) is 2. The second-order valence-electron chi connectivity index (χ2n) is 14.0. The summed E-state index contributed by atoms with van der Waals surface area (Å²) >= 11 is 0. The van der Waals surface area contributed by atoms with Gasteiger partial charge in [0.2, 0.25) is 0 Å². The van der Waals surface area contributed by atoms with Crippen molar-refractivity contribution in [3.8, 4) is 11.4 Å². The fourth-order valence-electron chi connectivity index (χ4n) is 7.53. The predicted molar refractivity (Wildman–Crippen MR) is 193 cm³/mol. The van der Waals surface area contributed by atoms with Crippen molar-refractivity contribution in [3.63, 3.8) is 0 Å². The summed E-state index contributed by atoms with van der Waals surface area (Å²) in [7, 11) is 0. The fourth-order valence-corrected chi connectivity index (χ4v) is 7.53. The van der Waals surface area contributed by atoms with Crippen LogP contribution in [0.4, 0.5) is 20.2 Å². The van der Waals surface area contributed by atoms with Gasteiger partial charge in [-0.3, -0.25) is 0 Å². The van der Waals surface area contributed by atoms with E-state index in [-0.39, 0.29) is 63.1 Å². The summed E-state index contributed by atoms with van der Waals surface area (Å²) in [5, 5.41) is 46.2. The van der Waals surface area contributed by atoms with Crippen molar-refractivity contribution >= 4 is 11.4 Å². The van der Waals surface area contributed by atoms with Crippen LogP contribution in [0.25, 0.3) is 5.69 Å². The van der Waals surface area contributed by atoms with Gasteiger partial charge in [-0.2, -0.15) is 10.2 Å². The molecule has 2 fully saturated rings. The number of aliphatic hydroxyl groups is 1. The van der Waals surface area contributed by atoms with Crippen LogP contribution in [0.15, 0.2) is 90.5 Å². The first-order chi connectivity index (χ1) is 25.4. The number of hydroxylamine groups is 4. The van der Waals surface area contributed by atoms with Crippen molar-refractivity contribution in [2.45, 2.75) is 51.0 Å². The molecule has 14 nitrogen and oxygen atoms in total. The minimum Gasteiger partial charge on any atom is -0.627 e. The number of aromatic nitrogens is 6. The van der Waals surface area contributed by atoms with Crippen molar-refractivity contribution in [2.24, 2.45) is 5.92 Å². The lowest BCUT2D eigenvalue weighted by molar-refractivity contribution is -0.0206. The van der Waals surface area contributed by atoms with Crippen molar-refractivity contribution in [1.82, 2.24) is 38.4 Å². The summed E-state index contributed by atoms with van der Waals surface area (Å²) in [5.41, 5.74) is 0.314. The van der Waals surface area contributed by atoms with Crippen LogP contribution in [-0.2, 0) is 16.9 Å². The molecule has 0 spiro atoms. The van der Waals surface area contributed by atoms with Crippen molar-refractivity contribution in [1.29, 1.82) is 0 Å². The molecule has 3 aromatic carbocycles. The number of nitrogens with zero attached hydrogens (tertiary/aromatic N) is 8. The van der Waals surface area contributed by atoms with Crippen LogP contribution in [0.3, 0.4) is 0 Å². The molecule has 5 aromatic rings. The third-order valence-corrected chi connectivity index (χ3v) is 10.5. The first-order valence-corrected chi connectivity index (χ1v) is 17.7. The first kappa shape index (κ1) is 36.5. The third kappa shape index (κ3) is 7.25. The van der Waals surface area contributed by atoms with Crippen LogP contribution < -0.4 is 19.7 Å². The molecule has 2 aliphatic rings. The van der Waals surface area contributed by atoms with Crippen LogP contribution in [0.1, 0.15) is 38.3 Å². The Labute approximate surface area is 304 Å². The average Bonchev–Trinajstić information content (AvgIpc) is 3.91. The van der Waals surface area contributed by atoms with Gasteiger partial charge in [-0.1, -0.05) is 13.0 Å². The zero-order chi connectivity index (χ0) is 37.4. The van der Waals surface area contributed by atoms with Gasteiger partial charge in [-0.25, -0.2) is 32.5 Å². The molecule has 2 saturated heterocycles. The van der Waals surface area contributed by atoms with Gasteiger partial charge in [-0.05, 0) is 50.1 Å². The highest BCUT2D eigenvalue weighted by molar-refractivity contribution is 5.52. The number of quaternary nitrogens is 2. The van der Waals surface area contributed by atoms with Gasteiger partial charge in [0.25, 0.3) is 0 Å². The molecule has 0 radical (unpaired) electrons. The molecule has 4 atom stereocenters. The molecule has 2 aromatic heterocycles. The zero-order valence-corrected chi connectivity index (χ0v) is 29.5. The number of benzene rings is 3. The molecule has 53 heavy (non-hydrogen) atoms. The maximum Gasteiger partial charge on any atom is 0.350 e. The zero-order valence-electron chi connectivity index (χ0n) is 29.5. The van der Waals surface area contributed by atoms with Gasteiger partial charge < -0.3 is 34.3 Å². The highest BCUT2D eigenvalue weighted by atomic mass is 19.1. The largest absolute Gasteiger partial charge is 0.627 e. The van der Waals surface area contributed by atoms with Crippen LogP contribution >= 0.6 is 0 Å². The summed E-state index contributed by atoms with van der Waals surface area (Å²) in [5.74, 6) is -0.929. The number of hydrogen-bond donors (Lipinski definition) is 1. The highest BCUT2D eigenvalue weighted by Gasteiger charge is 2.45. The lowest BCUT2D eigenvalue weighted by atomic mass is 9.87. The molecular weight excluding hydrogens is 690 g/mol. The van der Waals surface area contributed by atoms with E-state index in [1.54, 1.807) is 60.1 Å². The van der Waals surface area contributed by atoms with Gasteiger partial charge in [0, 0.05) is 41.8 Å². The Hall–Kier alpha value is -4.84. The maximum absolute atomic E-state index is 15.0. The number of rotatable bonds is 12. The second-order valence-corrected chi connectivity index (χ2v) is 14.0. The van der Waals surface area contributed by atoms with Gasteiger partial charge in [0.1, 0.15) is 79.5 Å². The molecule has 16 heteroatoms. The molecule has 0 bridgehead atoms. The van der Waals surface area contributed by atoms with Crippen LogP contribution in [-0.4, -0.2) is 79.7 Å². The molecular formula is C37H42F2N8O6. The molecule has 0 amide bonds. The quantitative estimate of drug-likeness (QED) is 0.144. The second kappa shape index (κ2) is 14.5. The van der Waals surface area contributed by atoms with E-state index in [2.05, 4.69) is 15.2 Å². The molecule has 280 valence electrons. The molecule has 0 unspecified atom stereocenters. The minimum absolute atomic E-state index is 0.0677. The maximum atomic E-state index is 15.0. The van der Waals surface area contributed by atoms with Crippen LogP contribution in [0, 0.1) is 28.0 Å². The van der Waals surface area contributed by atoms with Gasteiger partial charge in [0.05, 0.1) is 37.6 Å². The van der Waals surface area contributed by atoms with Crippen molar-refractivity contribution in [3.05, 3.63) is 124 Å². The minimum atomic E-state index is -1.09. The van der Waals surface area contributed by atoms with E-state index in [4.69, 9.17) is 9.47 Å². The molecule has 0 aliphatic carbocycles. The van der Waals surface area contributed by atoms with Crippen molar-refractivity contribution < 1.29 is 23.4 Å². The number of piperazine rings is 1. The topological polar surface area (TPSA) is 155 Å². The fraction of sp³-hybridized carbons (Fsp3) is 0.405.